The highest BCUT2D eigenvalue weighted by Crippen LogP contribution is 2.24. The standard InChI is InChI=1S/C17H12N2O3/c20-17(18-15-9-11-5-1-3-7-13(11)21-15)19-16-10-12-6-2-4-8-14(12)22-16/h1-10H,(H2,18,19,20). The van der Waals surface area contributed by atoms with Crippen molar-refractivity contribution in [2.45, 2.75) is 0 Å². The minimum Gasteiger partial charge on any atom is -0.440 e. The predicted molar refractivity (Wildman–Crippen MR) is 85.1 cm³/mol. The van der Waals surface area contributed by atoms with Gasteiger partial charge in [-0.2, -0.15) is 0 Å². The van der Waals surface area contributed by atoms with Gasteiger partial charge in [0.05, 0.1) is 0 Å². The molecule has 5 nitrogen and oxygen atoms in total. The topological polar surface area (TPSA) is 67.4 Å². The lowest BCUT2D eigenvalue weighted by molar-refractivity contribution is 0.261. The fraction of sp³-hybridized carbons (Fsp3) is 0. The molecule has 0 bridgehead atoms. The van der Waals surface area contributed by atoms with E-state index < -0.39 is 6.03 Å². The van der Waals surface area contributed by atoms with Crippen molar-refractivity contribution in [3.05, 3.63) is 60.7 Å². The highest BCUT2D eigenvalue weighted by Gasteiger charge is 2.10. The number of fused-ring (bicyclic) bond motifs is 2. The molecule has 2 heterocycles. The zero-order valence-corrected chi connectivity index (χ0v) is 11.5. The third kappa shape index (κ3) is 2.29. The number of hydrogen-bond donors (Lipinski definition) is 2. The molecule has 0 fully saturated rings. The summed E-state index contributed by atoms with van der Waals surface area (Å²) in [5, 5.41) is 7.16. The number of furan rings is 2. The average molecular weight is 292 g/mol. The van der Waals surface area contributed by atoms with Crippen LogP contribution < -0.4 is 10.6 Å². The Hall–Kier alpha value is -3.21. The minimum absolute atomic E-state index is 0.384. The van der Waals surface area contributed by atoms with Crippen LogP contribution in [0.25, 0.3) is 21.9 Å². The Morgan fingerprint density at radius 1 is 0.727 bits per heavy atom. The van der Waals surface area contributed by atoms with Gasteiger partial charge in [-0.15, -0.1) is 0 Å². The van der Waals surface area contributed by atoms with E-state index in [1.165, 1.54) is 0 Å². The van der Waals surface area contributed by atoms with E-state index in [-0.39, 0.29) is 0 Å². The summed E-state index contributed by atoms with van der Waals surface area (Å²) < 4.78 is 11.1. The molecule has 108 valence electrons. The van der Waals surface area contributed by atoms with Gasteiger partial charge >= 0.3 is 6.03 Å². The van der Waals surface area contributed by atoms with Gasteiger partial charge in [-0.1, -0.05) is 36.4 Å². The van der Waals surface area contributed by atoms with Crippen LogP contribution in [0.5, 0.6) is 0 Å². The number of benzene rings is 2. The number of amides is 2. The number of anilines is 2. The van der Waals surface area contributed by atoms with Crippen LogP contribution in [0.4, 0.5) is 16.6 Å². The zero-order chi connectivity index (χ0) is 14.9. The van der Waals surface area contributed by atoms with Gasteiger partial charge in [-0.05, 0) is 12.1 Å². The molecule has 0 radical (unpaired) electrons. The van der Waals surface area contributed by atoms with E-state index in [9.17, 15) is 4.79 Å². The first-order chi connectivity index (χ1) is 10.8. The molecule has 2 aromatic carbocycles. The summed E-state index contributed by atoms with van der Waals surface area (Å²) in [6, 6.07) is 18.2. The Labute approximate surface area is 125 Å². The number of rotatable bonds is 2. The molecule has 2 N–H and O–H groups in total. The van der Waals surface area contributed by atoms with Crippen molar-refractivity contribution < 1.29 is 13.6 Å². The second kappa shape index (κ2) is 4.96. The maximum Gasteiger partial charge on any atom is 0.328 e. The van der Waals surface area contributed by atoms with Gasteiger partial charge in [0.25, 0.3) is 0 Å². The molecule has 0 spiro atoms. The Bertz CT molecular complexity index is 824. The minimum atomic E-state index is -0.418. The predicted octanol–water partition coefficient (Wildman–Crippen LogP) is 4.82. The van der Waals surface area contributed by atoms with Crippen LogP contribution in [0.1, 0.15) is 0 Å². The first-order valence-electron chi connectivity index (χ1n) is 6.83. The van der Waals surface area contributed by atoms with Crippen LogP contribution >= 0.6 is 0 Å². The van der Waals surface area contributed by atoms with Crippen molar-refractivity contribution in [1.82, 2.24) is 0 Å². The molecule has 2 aromatic heterocycles. The fourth-order valence-corrected chi connectivity index (χ4v) is 2.34. The average Bonchev–Trinajstić information content (AvgIpc) is 3.08. The van der Waals surface area contributed by atoms with E-state index in [1.54, 1.807) is 12.1 Å². The van der Waals surface area contributed by atoms with Gasteiger partial charge in [0.2, 0.25) is 11.8 Å². The van der Waals surface area contributed by atoms with E-state index in [2.05, 4.69) is 10.6 Å². The molecule has 4 rings (SSSR count). The number of urea groups is 1. The van der Waals surface area contributed by atoms with Gasteiger partial charge in [0, 0.05) is 22.9 Å². The number of carbonyl (C=O) groups is 1. The molecule has 0 aliphatic rings. The lowest BCUT2D eigenvalue weighted by atomic mass is 10.3. The molecule has 0 aliphatic carbocycles. The van der Waals surface area contributed by atoms with E-state index in [1.807, 2.05) is 48.5 Å². The molecule has 0 saturated heterocycles. The summed E-state index contributed by atoms with van der Waals surface area (Å²) in [7, 11) is 0. The Kier molecular flexibility index (Phi) is 2.83. The van der Waals surface area contributed by atoms with Gasteiger partial charge in [-0.25, -0.2) is 4.79 Å². The van der Waals surface area contributed by atoms with Crippen molar-refractivity contribution in [3.63, 3.8) is 0 Å². The van der Waals surface area contributed by atoms with E-state index in [0.717, 1.165) is 21.9 Å². The summed E-state index contributed by atoms with van der Waals surface area (Å²) in [6.45, 7) is 0. The van der Waals surface area contributed by atoms with Crippen LogP contribution in [0.3, 0.4) is 0 Å². The lowest BCUT2D eigenvalue weighted by Gasteiger charge is -2.01. The van der Waals surface area contributed by atoms with Crippen molar-refractivity contribution in [2.75, 3.05) is 10.6 Å². The quantitative estimate of drug-likeness (QED) is 0.556. The largest absolute Gasteiger partial charge is 0.440 e. The molecule has 4 aromatic rings. The van der Waals surface area contributed by atoms with Crippen LogP contribution in [-0.4, -0.2) is 6.03 Å². The first kappa shape index (κ1) is 12.5. The molecule has 0 unspecified atom stereocenters. The molecule has 2 amide bonds. The Morgan fingerprint density at radius 2 is 1.18 bits per heavy atom. The van der Waals surface area contributed by atoms with Crippen molar-refractivity contribution in [3.8, 4) is 0 Å². The van der Waals surface area contributed by atoms with Gasteiger partial charge in [-0.3, -0.25) is 10.6 Å². The summed E-state index contributed by atoms with van der Waals surface area (Å²) >= 11 is 0. The summed E-state index contributed by atoms with van der Waals surface area (Å²) in [5.74, 6) is 0.768. The smallest absolute Gasteiger partial charge is 0.328 e. The van der Waals surface area contributed by atoms with E-state index in [0.29, 0.717) is 11.8 Å². The van der Waals surface area contributed by atoms with Crippen LogP contribution in [0.15, 0.2) is 69.5 Å². The van der Waals surface area contributed by atoms with Gasteiger partial charge in [0.1, 0.15) is 11.2 Å². The Morgan fingerprint density at radius 3 is 1.64 bits per heavy atom. The molecule has 22 heavy (non-hydrogen) atoms. The number of nitrogens with one attached hydrogen (secondary N) is 2. The number of carbonyl (C=O) groups excluding carboxylic acids is 1. The monoisotopic (exact) mass is 292 g/mol. The highest BCUT2D eigenvalue weighted by molar-refractivity contribution is 6.00. The van der Waals surface area contributed by atoms with Crippen molar-refractivity contribution in [1.29, 1.82) is 0 Å². The molecule has 0 saturated carbocycles. The van der Waals surface area contributed by atoms with Gasteiger partial charge < -0.3 is 8.83 Å². The molecule has 5 heteroatoms. The molecule has 0 atom stereocenters. The second-order valence-corrected chi connectivity index (χ2v) is 4.88. The SMILES string of the molecule is O=C(Nc1cc2ccccc2o1)Nc1cc2ccccc2o1. The van der Waals surface area contributed by atoms with E-state index >= 15 is 0 Å². The fourth-order valence-electron chi connectivity index (χ4n) is 2.34. The second-order valence-electron chi connectivity index (χ2n) is 4.88. The third-order valence-corrected chi connectivity index (χ3v) is 3.32. The van der Waals surface area contributed by atoms with Crippen LogP contribution in [0.2, 0.25) is 0 Å². The van der Waals surface area contributed by atoms with Crippen molar-refractivity contribution >= 4 is 39.7 Å². The lowest BCUT2D eigenvalue weighted by Crippen LogP contribution is -2.18. The maximum atomic E-state index is 12.0. The highest BCUT2D eigenvalue weighted by atomic mass is 16.4. The van der Waals surface area contributed by atoms with Crippen LogP contribution in [-0.2, 0) is 0 Å². The van der Waals surface area contributed by atoms with Crippen molar-refractivity contribution in [2.24, 2.45) is 0 Å². The summed E-state index contributed by atoms with van der Waals surface area (Å²) in [6.07, 6.45) is 0. The molecular weight excluding hydrogens is 280 g/mol. The zero-order valence-electron chi connectivity index (χ0n) is 11.5. The number of para-hydroxylation sites is 2. The number of hydrogen-bond acceptors (Lipinski definition) is 3. The molecule has 0 aliphatic heterocycles. The molecular formula is C17H12N2O3. The van der Waals surface area contributed by atoms with E-state index in [4.69, 9.17) is 8.83 Å². The summed E-state index contributed by atoms with van der Waals surface area (Å²) in [5.41, 5.74) is 1.45. The first-order valence-corrected chi connectivity index (χ1v) is 6.83. The van der Waals surface area contributed by atoms with Gasteiger partial charge in [0.15, 0.2) is 0 Å². The summed E-state index contributed by atoms with van der Waals surface area (Å²) in [4.78, 5) is 12.0. The third-order valence-electron chi connectivity index (χ3n) is 3.32. The normalized spacial score (nSPS) is 10.9. The maximum absolute atomic E-state index is 12.0. The van der Waals surface area contributed by atoms with Crippen LogP contribution in [0, 0.1) is 0 Å². The Balaban J connectivity index is 1.52.